The van der Waals surface area contributed by atoms with Gasteiger partial charge >= 0.3 is 0 Å². The van der Waals surface area contributed by atoms with E-state index >= 15 is 0 Å². The summed E-state index contributed by atoms with van der Waals surface area (Å²) < 4.78 is 0. The Bertz CT molecular complexity index is 438. The van der Waals surface area contributed by atoms with Crippen LogP contribution in [0, 0.1) is 0 Å². The van der Waals surface area contributed by atoms with Crippen molar-refractivity contribution in [1.29, 1.82) is 0 Å². The summed E-state index contributed by atoms with van der Waals surface area (Å²) in [6, 6.07) is 6.06. The number of hydrogen-bond donors (Lipinski definition) is 2. The molecule has 0 saturated carbocycles. The summed E-state index contributed by atoms with van der Waals surface area (Å²) in [6.45, 7) is 1.90. The predicted octanol–water partition coefficient (Wildman–Crippen LogP) is 0.520. The van der Waals surface area contributed by atoms with Crippen molar-refractivity contribution in [3.63, 3.8) is 0 Å². The van der Waals surface area contributed by atoms with Gasteiger partial charge in [-0.3, -0.25) is 4.79 Å². The normalized spacial score (nSPS) is 23.9. The topological polar surface area (TPSA) is 58.4 Å². The van der Waals surface area contributed by atoms with E-state index in [1.165, 1.54) is 0 Å². The van der Waals surface area contributed by atoms with E-state index in [0.717, 1.165) is 36.4 Å². The van der Waals surface area contributed by atoms with E-state index in [2.05, 4.69) is 5.32 Å². The van der Waals surface area contributed by atoms with Crippen LogP contribution in [0.25, 0.3) is 0 Å². The molecular weight excluding hydrogens is 202 g/mol. The number of nitrogens with two attached hydrogens (primary N) is 1. The van der Waals surface area contributed by atoms with Crippen molar-refractivity contribution in [3.8, 4) is 0 Å². The van der Waals surface area contributed by atoms with E-state index in [1.54, 1.807) is 0 Å². The number of carbonyl (C=O) groups is 1. The van der Waals surface area contributed by atoms with Gasteiger partial charge in [-0.25, -0.2) is 0 Å². The van der Waals surface area contributed by atoms with Crippen LogP contribution in [-0.2, 0) is 11.2 Å². The van der Waals surface area contributed by atoms with Gasteiger partial charge in [0.2, 0.25) is 5.91 Å². The van der Waals surface area contributed by atoms with E-state index in [9.17, 15) is 4.79 Å². The Morgan fingerprint density at radius 1 is 1.44 bits per heavy atom. The minimum atomic E-state index is 0.203. The smallest absolute Gasteiger partial charge is 0.231 e. The Hall–Kier alpha value is -1.55. The van der Waals surface area contributed by atoms with Crippen molar-refractivity contribution in [2.24, 2.45) is 0 Å². The molecule has 3 N–H and O–H groups in total. The Labute approximate surface area is 94.4 Å². The largest absolute Gasteiger partial charge is 0.399 e. The van der Waals surface area contributed by atoms with Crippen molar-refractivity contribution >= 4 is 17.3 Å². The number of carbonyl (C=O) groups excluding carboxylic acids is 1. The first-order chi connectivity index (χ1) is 7.75. The lowest BCUT2D eigenvalue weighted by Gasteiger charge is -2.24. The molecule has 1 saturated heterocycles. The average molecular weight is 217 g/mol. The van der Waals surface area contributed by atoms with Gasteiger partial charge in [-0.1, -0.05) is 0 Å². The van der Waals surface area contributed by atoms with Crippen LogP contribution < -0.4 is 16.0 Å². The number of amides is 1. The number of anilines is 2. The van der Waals surface area contributed by atoms with Gasteiger partial charge in [0.25, 0.3) is 0 Å². The maximum atomic E-state index is 12.0. The zero-order valence-corrected chi connectivity index (χ0v) is 9.07. The summed E-state index contributed by atoms with van der Waals surface area (Å²) >= 11 is 0. The van der Waals surface area contributed by atoms with Gasteiger partial charge in [0, 0.05) is 17.9 Å². The first kappa shape index (κ1) is 9.66. The van der Waals surface area contributed by atoms with E-state index in [0.29, 0.717) is 12.5 Å². The molecule has 2 heterocycles. The summed E-state index contributed by atoms with van der Waals surface area (Å²) in [7, 11) is 0. The van der Waals surface area contributed by atoms with Gasteiger partial charge in [-0.05, 0) is 36.7 Å². The van der Waals surface area contributed by atoms with Crippen LogP contribution in [0.5, 0.6) is 0 Å². The maximum Gasteiger partial charge on any atom is 0.231 e. The molecule has 0 radical (unpaired) electrons. The quantitative estimate of drug-likeness (QED) is 0.674. The predicted molar refractivity (Wildman–Crippen MR) is 63.3 cm³/mol. The van der Waals surface area contributed by atoms with E-state index < -0.39 is 0 Å². The highest BCUT2D eigenvalue weighted by molar-refractivity contribution is 6.02. The molecule has 0 aromatic heterocycles. The lowest BCUT2D eigenvalue weighted by molar-refractivity contribution is -0.117. The molecule has 2 aliphatic heterocycles. The van der Waals surface area contributed by atoms with Crippen molar-refractivity contribution < 1.29 is 4.79 Å². The summed E-state index contributed by atoms with van der Waals surface area (Å²) in [4.78, 5) is 13.9. The molecule has 0 spiro atoms. The standard InChI is InChI=1S/C12H15N3O/c13-9-1-2-11-8(5-9)6-12(16)15(11)10-3-4-14-7-10/h1-2,5,10,14H,3-4,6-7,13H2. The summed E-state index contributed by atoms with van der Waals surface area (Å²) in [5, 5.41) is 3.29. The van der Waals surface area contributed by atoms with Crippen LogP contribution in [-0.4, -0.2) is 25.0 Å². The highest BCUT2D eigenvalue weighted by Gasteiger charge is 2.34. The first-order valence-electron chi connectivity index (χ1n) is 5.67. The van der Waals surface area contributed by atoms with Gasteiger partial charge in [0.1, 0.15) is 0 Å². The molecule has 16 heavy (non-hydrogen) atoms. The molecule has 1 amide bonds. The molecule has 2 aliphatic rings. The Kier molecular flexibility index (Phi) is 2.11. The van der Waals surface area contributed by atoms with Crippen LogP contribution in [0.2, 0.25) is 0 Å². The zero-order valence-electron chi connectivity index (χ0n) is 9.07. The molecule has 1 fully saturated rings. The second kappa shape index (κ2) is 3.49. The Morgan fingerprint density at radius 3 is 3.06 bits per heavy atom. The highest BCUT2D eigenvalue weighted by Crippen LogP contribution is 2.33. The van der Waals surface area contributed by atoms with Crippen LogP contribution >= 0.6 is 0 Å². The molecule has 84 valence electrons. The average Bonchev–Trinajstić information content (AvgIpc) is 2.83. The first-order valence-corrected chi connectivity index (χ1v) is 5.67. The monoisotopic (exact) mass is 217 g/mol. The van der Waals surface area contributed by atoms with Gasteiger partial charge in [0.15, 0.2) is 0 Å². The fourth-order valence-corrected chi connectivity index (χ4v) is 2.62. The molecule has 1 aromatic rings. The van der Waals surface area contributed by atoms with E-state index in [4.69, 9.17) is 5.73 Å². The number of nitrogens with zero attached hydrogens (tertiary/aromatic N) is 1. The number of hydrogen-bond acceptors (Lipinski definition) is 3. The van der Waals surface area contributed by atoms with Crippen molar-refractivity contribution in [2.45, 2.75) is 18.9 Å². The number of nitrogen functional groups attached to an aromatic ring is 1. The van der Waals surface area contributed by atoms with Crippen LogP contribution in [0.1, 0.15) is 12.0 Å². The molecule has 4 heteroatoms. The molecule has 0 bridgehead atoms. The Morgan fingerprint density at radius 2 is 2.31 bits per heavy atom. The Balaban J connectivity index is 1.98. The van der Waals surface area contributed by atoms with Gasteiger partial charge in [0.05, 0.1) is 12.5 Å². The maximum absolute atomic E-state index is 12.0. The van der Waals surface area contributed by atoms with Gasteiger partial charge in [-0.15, -0.1) is 0 Å². The van der Waals surface area contributed by atoms with Gasteiger partial charge < -0.3 is 16.0 Å². The van der Waals surface area contributed by atoms with E-state index in [-0.39, 0.29) is 5.91 Å². The third kappa shape index (κ3) is 1.38. The fourth-order valence-electron chi connectivity index (χ4n) is 2.62. The van der Waals surface area contributed by atoms with Crippen molar-refractivity contribution in [1.82, 2.24) is 5.32 Å². The third-order valence-corrected chi connectivity index (χ3v) is 3.37. The minimum Gasteiger partial charge on any atom is -0.399 e. The fraction of sp³-hybridized carbons (Fsp3) is 0.417. The molecular formula is C12H15N3O. The highest BCUT2D eigenvalue weighted by atomic mass is 16.2. The van der Waals surface area contributed by atoms with Gasteiger partial charge in [-0.2, -0.15) is 0 Å². The molecule has 1 aromatic carbocycles. The number of benzene rings is 1. The minimum absolute atomic E-state index is 0.203. The molecule has 0 aliphatic carbocycles. The molecule has 3 rings (SSSR count). The molecule has 4 nitrogen and oxygen atoms in total. The molecule has 1 unspecified atom stereocenters. The lowest BCUT2D eigenvalue weighted by Crippen LogP contribution is -2.39. The number of rotatable bonds is 1. The van der Waals surface area contributed by atoms with Crippen molar-refractivity contribution in [3.05, 3.63) is 23.8 Å². The summed E-state index contributed by atoms with van der Waals surface area (Å²) in [5.41, 5.74) is 8.58. The van der Waals surface area contributed by atoms with Crippen LogP contribution in [0.15, 0.2) is 18.2 Å². The van der Waals surface area contributed by atoms with E-state index in [1.807, 2.05) is 23.1 Å². The third-order valence-electron chi connectivity index (χ3n) is 3.37. The second-order valence-electron chi connectivity index (χ2n) is 4.48. The zero-order chi connectivity index (χ0) is 11.1. The lowest BCUT2D eigenvalue weighted by atomic mass is 10.1. The SMILES string of the molecule is Nc1ccc2c(c1)CC(=O)N2C1CCNC1. The van der Waals surface area contributed by atoms with Crippen molar-refractivity contribution in [2.75, 3.05) is 23.7 Å². The summed E-state index contributed by atoms with van der Waals surface area (Å²) in [5.74, 6) is 0.203. The second-order valence-corrected chi connectivity index (χ2v) is 4.48. The number of fused-ring (bicyclic) bond motifs is 1. The van der Waals surface area contributed by atoms with Crippen LogP contribution in [0.4, 0.5) is 11.4 Å². The summed E-state index contributed by atoms with van der Waals surface area (Å²) in [6.07, 6.45) is 1.53. The molecule has 1 atom stereocenters. The van der Waals surface area contributed by atoms with Crippen LogP contribution in [0.3, 0.4) is 0 Å². The number of nitrogens with one attached hydrogen (secondary N) is 1.